The molecule has 0 aliphatic heterocycles. The maximum absolute atomic E-state index is 12.9. The van der Waals surface area contributed by atoms with Gasteiger partial charge in [0.15, 0.2) is 0 Å². The summed E-state index contributed by atoms with van der Waals surface area (Å²) < 4.78 is 23.3. The Morgan fingerprint density at radius 3 is 1.27 bits per heavy atom. The third-order valence-electron chi connectivity index (χ3n) is 13.0. The number of phosphoric ester groups is 1. The van der Waals surface area contributed by atoms with Crippen molar-refractivity contribution < 1.29 is 32.9 Å². The summed E-state index contributed by atoms with van der Waals surface area (Å²) in [5.41, 5.74) is 0. The third kappa shape index (κ3) is 57.0. The van der Waals surface area contributed by atoms with Gasteiger partial charge in [-0.15, -0.1) is 0 Å². The average molecular weight is 1040 g/mol. The molecule has 0 aliphatic carbocycles. The van der Waals surface area contributed by atoms with Crippen molar-refractivity contribution in [3.8, 4) is 0 Å². The molecule has 73 heavy (non-hydrogen) atoms. The molecule has 0 bridgehead atoms. The second-order valence-electron chi connectivity index (χ2n) is 21.3. The van der Waals surface area contributed by atoms with Crippen LogP contribution in [0.1, 0.15) is 251 Å². The molecule has 0 aliphatic rings. The first-order valence-corrected chi connectivity index (χ1v) is 31.6. The Kier molecular flexibility index (Phi) is 52.3. The summed E-state index contributed by atoms with van der Waals surface area (Å²) >= 11 is 0. The van der Waals surface area contributed by atoms with E-state index in [9.17, 15) is 19.4 Å². The van der Waals surface area contributed by atoms with Gasteiger partial charge >= 0.3 is 0 Å². The molecule has 8 nitrogen and oxygen atoms in total. The van der Waals surface area contributed by atoms with Crippen molar-refractivity contribution in [1.82, 2.24) is 5.32 Å². The Labute approximate surface area is 451 Å². The van der Waals surface area contributed by atoms with Gasteiger partial charge in [0.1, 0.15) is 13.2 Å². The number of allylic oxidation sites excluding steroid dienone is 15. The van der Waals surface area contributed by atoms with Gasteiger partial charge in [0.05, 0.1) is 39.9 Å². The molecule has 0 rings (SSSR count). The number of likely N-dealkylation sites (N-methyl/N-ethyl adjacent to an activating group) is 1. The minimum Gasteiger partial charge on any atom is -0.756 e. The van der Waals surface area contributed by atoms with E-state index in [0.29, 0.717) is 17.4 Å². The predicted octanol–water partition coefficient (Wildman–Crippen LogP) is 18.0. The first-order valence-electron chi connectivity index (χ1n) is 30.1. The van der Waals surface area contributed by atoms with E-state index in [1.54, 1.807) is 6.08 Å². The molecule has 9 heteroatoms. The van der Waals surface area contributed by atoms with Gasteiger partial charge in [0.2, 0.25) is 5.91 Å². The van der Waals surface area contributed by atoms with Gasteiger partial charge in [0, 0.05) is 6.42 Å². The van der Waals surface area contributed by atoms with Gasteiger partial charge in [-0.05, 0) is 89.9 Å². The van der Waals surface area contributed by atoms with E-state index in [0.717, 1.165) is 77.0 Å². The zero-order valence-electron chi connectivity index (χ0n) is 48.1. The van der Waals surface area contributed by atoms with E-state index < -0.39 is 26.6 Å². The maximum Gasteiger partial charge on any atom is 0.268 e. The number of aliphatic hydroxyl groups excluding tert-OH is 1. The summed E-state index contributed by atoms with van der Waals surface area (Å²) in [6.45, 7) is 4.48. The normalized spacial score (nSPS) is 14.6. The van der Waals surface area contributed by atoms with Crippen molar-refractivity contribution >= 4 is 13.7 Å². The SMILES string of the molecule is CC/C=C\C/C=C\C/C=C\C/C=C\C/C=C\CCCCCC(=O)NC(COP(=O)([O-])OCC[N+](C)(C)C)C(O)/C=C/CC/C=C/CC/C=C/CCCCCCCCCCCCCCCCCCCCCCCC. The molecule has 2 N–H and O–H groups in total. The van der Waals surface area contributed by atoms with Crippen LogP contribution in [0.2, 0.25) is 0 Å². The Hall–Kier alpha value is -2.58. The molecule has 0 saturated heterocycles. The number of unbranched alkanes of at least 4 members (excludes halogenated alkanes) is 27. The summed E-state index contributed by atoms with van der Waals surface area (Å²) in [7, 11) is 1.20. The number of rotatable bonds is 54. The summed E-state index contributed by atoms with van der Waals surface area (Å²) in [5, 5.41) is 13.8. The van der Waals surface area contributed by atoms with E-state index in [1.165, 1.54) is 148 Å². The lowest BCUT2D eigenvalue weighted by Crippen LogP contribution is -2.45. The molecule has 422 valence electrons. The lowest BCUT2D eigenvalue weighted by molar-refractivity contribution is -0.870. The molecule has 0 saturated carbocycles. The standard InChI is InChI=1S/C64H115N2O6P/c1-6-8-10-12-14-16-18-20-22-24-26-27-28-29-30-31-32-33-34-35-36-37-38-40-41-43-45-47-49-51-53-55-57-63(67)62(61-72-73(69,70)71-60-59-66(3,4)5)65-64(68)58-56-54-52-50-48-46-44-42-39-25-23-21-19-17-15-13-11-9-7-2/h9,11,15,17,21,23,39-42,46-49,55,57,62-63,67H,6-8,10,12-14,16,18-20,22,24-38,43-45,50-54,56,58-61H2,1-5H3,(H-,65,68,69,70)/b11-9-,17-15-,23-21-,41-40+,42-39-,48-46-,49-47+,57-55+. The number of phosphoric acid groups is 1. The first kappa shape index (κ1) is 70.4. The van der Waals surface area contributed by atoms with Gasteiger partial charge in [-0.3, -0.25) is 9.36 Å². The van der Waals surface area contributed by atoms with Crippen molar-refractivity contribution in [3.63, 3.8) is 0 Å². The number of hydrogen-bond acceptors (Lipinski definition) is 6. The highest BCUT2D eigenvalue weighted by Crippen LogP contribution is 2.38. The van der Waals surface area contributed by atoms with Crippen LogP contribution in [-0.2, 0) is 18.4 Å². The van der Waals surface area contributed by atoms with Crippen LogP contribution in [0.15, 0.2) is 97.2 Å². The molecule has 3 unspecified atom stereocenters. The van der Waals surface area contributed by atoms with Gasteiger partial charge in [-0.1, -0.05) is 252 Å². The Morgan fingerprint density at radius 1 is 0.493 bits per heavy atom. The van der Waals surface area contributed by atoms with Crippen LogP contribution < -0.4 is 10.2 Å². The van der Waals surface area contributed by atoms with E-state index in [-0.39, 0.29) is 18.9 Å². The van der Waals surface area contributed by atoms with Gasteiger partial charge in [0.25, 0.3) is 7.82 Å². The van der Waals surface area contributed by atoms with Crippen LogP contribution in [0, 0.1) is 0 Å². The topological polar surface area (TPSA) is 108 Å². The molecule has 0 aromatic rings. The first-order chi connectivity index (χ1) is 35.5. The lowest BCUT2D eigenvalue weighted by Gasteiger charge is -2.29. The highest BCUT2D eigenvalue weighted by atomic mass is 31.2. The maximum atomic E-state index is 12.9. The number of amides is 1. The van der Waals surface area contributed by atoms with Crippen LogP contribution in [0.25, 0.3) is 0 Å². The number of carbonyl (C=O) groups is 1. The van der Waals surface area contributed by atoms with Gasteiger partial charge in [-0.25, -0.2) is 0 Å². The zero-order chi connectivity index (χ0) is 53.5. The minimum absolute atomic E-state index is 0.0209. The lowest BCUT2D eigenvalue weighted by atomic mass is 10.0. The molecule has 0 aromatic heterocycles. The summed E-state index contributed by atoms with van der Waals surface area (Å²) in [5.74, 6) is -0.245. The number of nitrogens with one attached hydrogen (secondary N) is 1. The molecule has 3 atom stereocenters. The monoisotopic (exact) mass is 1040 g/mol. The summed E-state index contributed by atoms with van der Waals surface area (Å²) in [6, 6.07) is -0.935. The molecule has 0 radical (unpaired) electrons. The molecule has 0 fully saturated rings. The largest absolute Gasteiger partial charge is 0.756 e. The highest BCUT2D eigenvalue weighted by molar-refractivity contribution is 7.45. The second-order valence-corrected chi connectivity index (χ2v) is 22.7. The summed E-state index contributed by atoms with van der Waals surface area (Å²) in [4.78, 5) is 25.5. The summed E-state index contributed by atoms with van der Waals surface area (Å²) in [6.07, 6.45) is 78.0. The molecular weight excluding hydrogens is 924 g/mol. The fourth-order valence-electron chi connectivity index (χ4n) is 8.33. The number of aliphatic hydroxyl groups is 1. The van der Waals surface area contributed by atoms with E-state index in [1.807, 2.05) is 27.2 Å². The average Bonchev–Trinajstić information content (AvgIpc) is 3.35. The van der Waals surface area contributed by atoms with E-state index in [4.69, 9.17) is 9.05 Å². The number of quaternary nitrogens is 1. The van der Waals surface area contributed by atoms with Crippen molar-refractivity contribution in [2.45, 2.75) is 264 Å². The fourth-order valence-corrected chi connectivity index (χ4v) is 9.05. The Bertz CT molecular complexity index is 1510. The highest BCUT2D eigenvalue weighted by Gasteiger charge is 2.23. The second kappa shape index (κ2) is 54.2. The third-order valence-corrected chi connectivity index (χ3v) is 14.0. The fraction of sp³-hybridized carbons (Fsp3) is 0.734. The van der Waals surface area contributed by atoms with Crippen molar-refractivity contribution in [3.05, 3.63) is 97.2 Å². The van der Waals surface area contributed by atoms with Gasteiger partial charge in [-0.2, -0.15) is 0 Å². The number of hydrogen-bond donors (Lipinski definition) is 2. The van der Waals surface area contributed by atoms with E-state index >= 15 is 0 Å². The van der Waals surface area contributed by atoms with E-state index in [2.05, 4.69) is 104 Å². The van der Waals surface area contributed by atoms with Crippen molar-refractivity contribution in [2.24, 2.45) is 0 Å². The van der Waals surface area contributed by atoms with Crippen molar-refractivity contribution in [1.29, 1.82) is 0 Å². The predicted molar refractivity (Wildman–Crippen MR) is 316 cm³/mol. The Balaban J connectivity index is 4.26. The molecule has 0 aromatic carbocycles. The quantitative estimate of drug-likeness (QED) is 0.0272. The van der Waals surface area contributed by atoms with Crippen LogP contribution >= 0.6 is 7.82 Å². The smallest absolute Gasteiger partial charge is 0.268 e. The number of carbonyl (C=O) groups excluding carboxylic acids is 1. The minimum atomic E-state index is -4.63. The van der Waals surface area contributed by atoms with Crippen molar-refractivity contribution in [2.75, 3.05) is 40.9 Å². The zero-order valence-corrected chi connectivity index (χ0v) is 49.0. The molecule has 0 heterocycles. The number of nitrogens with zero attached hydrogens (tertiary/aromatic N) is 1. The molecule has 0 spiro atoms. The van der Waals surface area contributed by atoms with Crippen LogP contribution in [-0.4, -0.2) is 68.5 Å². The van der Waals surface area contributed by atoms with Crippen LogP contribution in [0.3, 0.4) is 0 Å². The van der Waals surface area contributed by atoms with Crippen LogP contribution in [0.5, 0.6) is 0 Å². The molecule has 1 amide bonds. The van der Waals surface area contributed by atoms with Crippen LogP contribution in [0.4, 0.5) is 0 Å². The Morgan fingerprint density at radius 2 is 0.849 bits per heavy atom. The van der Waals surface area contributed by atoms with Gasteiger partial charge < -0.3 is 28.8 Å². The molecular formula is C64H115N2O6P.